The van der Waals surface area contributed by atoms with Crippen LogP contribution >= 0.6 is 0 Å². The summed E-state index contributed by atoms with van der Waals surface area (Å²) < 4.78 is 55.8. The van der Waals surface area contributed by atoms with Crippen LogP contribution in [0.5, 0.6) is 0 Å². The molecule has 0 heterocycles. The summed E-state index contributed by atoms with van der Waals surface area (Å²) in [7, 11) is 0. The number of hydrogen-bond donors (Lipinski definition) is 0. The van der Waals surface area contributed by atoms with Crippen LogP contribution < -0.4 is 0 Å². The van der Waals surface area contributed by atoms with E-state index < -0.39 is 23.7 Å². The predicted molar refractivity (Wildman–Crippen MR) is 77.1 cm³/mol. The average molecular weight is 310 g/mol. The number of allylic oxidation sites excluding steroid dienone is 2. The molecule has 0 aromatic heterocycles. The van der Waals surface area contributed by atoms with Gasteiger partial charge in [-0.05, 0) is 12.8 Å². The van der Waals surface area contributed by atoms with E-state index in [1.807, 2.05) is 13.8 Å². The Morgan fingerprint density at radius 2 is 1.00 bits per heavy atom. The second-order valence-electron chi connectivity index (χ2n) is 5.09. The molecule has 0 amide bonds. The van der Waals surface area contributed by atoms with E-state index in [1.54, 1.807) is 0 Å². The summed E-state index contributed by atoms with van der Waals surface area (Å²) in [4.78, 5) is 0. The first-order valence-electron chi connectivity index (χ1n) is 7.79. The van der Waals surface area contributed by atoms with Crippen molar-refractivity contribution in [1.82, 2.24) is 0 Å². The van der Waals surface area contributed by atoms with Crippen LogP contribution in [0.1, 0.15) is 78.1 Å². The minimum absolute atomic E-state index is 0.00801. The Morgan fingerprint density at radius 1 is 0.619 bits per heavy atom. The van der Waals surface area contributed by atoms with E-state index >= 15 is 0 Å². The summed E-state index contributed by atoms with van der Waals surface area (Å²) in [5.74, 6) is -1.21. The van der Waals surface area contributed by atoms with E-state index in [-0.39, 0.29) is 12.8 Å². The van der Waals surface area contributed by atoms with E-state index in [1.165, 1.54) is 0 Å². The predicted octanol–water partition coefficient (Wildman–Crippen LogP) is 7.16. The summed E-state index contributed by atoms with van der Waals surface area (Å²) in [6, 6.07) is 0. The van der Waals surface area contributed by atoms with Crippen LogP contribution in [-0.4, -0.2) is 0 Å². The third kappa shape index (κ3) is 10.4. The monoisotopic (exact) mass is 310 g/mol. The van der Waals surface area contributed by atoms with Gasteiger partial charge in [-0.3, -0.25) is 0 Å². The average Bonchev–Trinajstić information content (AvgIpc) is 2.44. The summed E-state index contributed by atoms with van der Waals surface area (Å²) in [5.41, 5.74) is 0. The van der Waals surface area contributed by atoms with E-state index in [2.05, 4.69) is 0 Å². The Labute approximate surface area is 125 Å². The maximum absolute atomic E-state index is 12.8. The van der Waals surface area contributed by atoms with Crippen molar-refractivity contribution in [2.75, 3.05) is 0 Å². The molecule has 0 N–H and O–H groups in total. The van der Waals surface area contributed by atoms with Gasteiger partial charge in [0.25, 0.3) is 0 Å². The van der Waals surface area contributed by atoms with Gasteiger partial charge in [-0.1, -0.05) is 52.4 Å². The van der Waals surface area contributed by atoms with Crippen molar-refractivity contribution in [2.45, 2.75) is 78.1 Å². The normalized spacial score (nSPS) is 10.4. The first-order valence-corrected chi connectivity index (χ1v) is 7.79. The SMILES string of the molecule is CCCCCCC(OC(CCCCCC)=C(F)F)=C(F)F. The number of ether oxygens (including phenoxy) is 1. The Morgan fingerprint density at radius 3 is 1.29 bits per heavy atom. The molecule has 0 spiro atoms. The Balaban J connectivity index is 4.43. The van der Waals surface area contributed by atoms with Crippen molar-refractivity contribution in [1.29, 1.82) is 0 Å². The van der Waals surface area contributed by atoms with Crippen LogP contribution in [0.15, 0.2) is 23.7 Å². The van der Waals surface area contributed by atoms with Gasteiger partial charge in [0.2, 0.25) is 0 Å². The second-order valence-corrected chi connectivity index (χ2v) is 5.09. The second kappa shape index (κ2) is 12.7. The lowest BCUT2D eigenvalue weighted by molar-refractivity contribution is 0.205. The Hall–Kier alpha value is -1.00. The van der Waals surface area contributed by atoms with Crippen LogP contribution in [-0.2, 0) is 4.74 Å². The standard InChI is InChI=1S/C16H26F4O/c1-3-5-7-9-11-13(15(17)18)21-14(16(19)20)12-10-8-6-4-2/h3-12H2,1-2H3. The summed E-state index contributed by atoms with van der Waals surface area (Å²) >= 11 is 0. The van der Waals surface area contributed by atoms with E-state index in [0.29, 0.717) is 12.8 Å². The van der Waals surface area contributed by atoms with Gasteiger partial charge in [-0.2, -0.15) is 17.6 Å². The minimum atomic E-state index is -2.00. The smallest absolute Gasteiger partial charge is 0.308 e. The lowest BCUT2D eigenvalue weighted by Gasteiger charge is -2.12. The highest BCUT2D eigenvalue weighted by Gasteiger charge is 2.15. The third-order valence-corrected chi connectivity index (χ3v) is 3.18. The van der Waals surface area contributed by atoms with Gasteiger partial charge in [0.05, 0.1) is 0 Å². The maximum atomic E-state index is 12.8. The molecule has 0 aliphatic heterocycles. The van der Waals surface area contributed by atoms with Gasteiger partial charge in [-0.25, -0.2) is 0 Å². The lowest BCUT2D eigenvalue weighted by Crippen LogP contribution is -1.98. The molecule has 0 saturated heterocycles. The number of halogens is 4. The van der Waals surface area contributed by atoms with Crippen molar-refractivity contribution in [3.63, 3.8) is 0 Å². The maximum Gasteiger partial charge on any atom is 0.308 e. The summed E-state index contributed by atoms with van der Waals surface area (Å²) in [6.45, 7) is 4.03. The quantitative estimate of drug-likeness (QED) is 0.211. The number of hydrogen-bond acceptors (Lipinski definition) is 1. The molecule has 0 radical (unpaired) electrons. The van der Waals surface area contributed by atoms with Crippen molar-refractivity contribution >= 4 is 0 Å². The molecule has 0 aromatic rings. The minimum Gasteiger partial charge on any atom is -0.455 e. The fourth-order valence-corrected chi connectivity index (χ4v) is 1.94. The van der Waals surface area contributed by atoms with Crippen molar-refractivity contribution in [2.24, 2.45) is 0 Å². The fourth-order valence-electron chi connectivity index (χ4n) is 1.94. The van der Waals surface area contributed by atoms with Crippen LogP contribution in [0, 0.1) is 0 Å². The zero-order chi connectivity index (χ0) is 16.1. The van der Waals surface area contributed by atoms with Crippen molar-refractivity contribution < 1.29 is 22.3 Å². The molecule has 0 saturated carbocycles. The molecule has 0 aromatic carbocycles. The van der Waals surface area contributed by atoms with Gasteiger partial charge in [0, 0.05) is 12.8 Å². The number of unbranched alkanes of at least 4 members (excludes halogenated alkanes) is 6. The zero-order valence-electron chi connectivity index (χ0n) is 13.0. The molecule has 0 aliphatic rings. The number of rotatable bonds is 12. The topological polar surface area (TPSA) is 9.23 Å². The summed E-state index contributed by atoms with van der Waals surface area (Å²) in [5, 5.41) is 0. The first-order chi connectivity index (χ1) is 10.0. The molecule has 0 unspecified atom stereocenters. The molecule has 0 fully saturated rings. The van der Waals surface area contributed by atoms with Gasteiger partial charge < -0.3 is 4.74 Å². The molecular weight excluding hydrogens is 284 g/mol. The Kier molecular flexibility index (Phi) is 12.1. The van der Waals surface area contributed by atoms with Crippen LogP contribution in [0.2, 0.25) is 0 Å². The molecule has 1 nitrogen and oxygen atoms in total. The van der Waals surface area contributed by atoms with Gasteiger partial charge in [0.15, 0.2) is 11.5 Å². The van der Waals surface area contributed by atoms with E-state index in [0.717, 1.165) is 38.5 Å². The van der Waals surface area contributed by atoms with Gasteiger partial charge >= 0.3 is 12.2 Å². The lowest BCUT2D eigenvalue weighted by atomic mass is 10.1. The summed E-state index contributed by atoms with van der Waals surface area (Å²) in [6.07, 6.45) is 2.51. The van der Waals surface area contributed by atoms with Crippen LogP contribution in [0.4, 0.5) is 17.6 Å². The molecule has 0 atom stereocenters. The first kappa shape index (κ1) is 20.0. The Bertz CT molecular complexity index is 297. The molecule has 0 rings (SSSR count). The van der Waals surface area contributed by atoms with Crippen LogP contribution in [0.25, 0.3) is 0 Å². The fraction of sp³-hybridized carbons (Fsp3) is 0.750. The molecular formula is C16H26F4O. The third-order valence-electron chi connectivity index (χ3n) is 3.18. The largest absolute Gasteiger partial charge is 0.455 e. The highest BCUT2D eigenvalue weighted by atomic mass is 19.3. The van der Waals surface area contributed by atoms with Gasteiger partial charge in [0.1, 0.15) is 0 Å². The molecule has 21 heavy (non-hydrogen) atoms. The van der Waals surface area contributed by atoms with E-state index in [9.17, 15) is 17.6 Å². The zero-order valence-corrected chi connectivity index (χ0v) is 13.0. The van der Waals surface area contributed by atoms with Crippen molar-refractivity contribution in [3.8, 4) is 0 Å². The van der Waals surface area contributed by atoms with Crippen molar-refractivity contribution in [3.05, 3.63) is 23.7 Å². The van der Waals surface area contributed by atoms with Crippen LogP contribution in [0.3, 0.4) is 0 Å². The van der Waals surface area contributed by atoms with E-state index in [4.69, 9.17) is 4.74 Å². The highest BCUT2D eigenvalue weighted by Crippen LogP contribution is 2.26. The highest BCUT2D eigenvalue weighted by molar-refractivity contribution is 5.03. The molecule has 0 aliphatic carbocycles. The van der Waals surface area contributed by atoms with Gasteiger partial charge in [-0.15, -0.1) is 0 Å². The molecule has 0 bridgehead atoms. The molecule has 124 valence electrons. The molecule has 5 heteroatoms.